The van der Waals surface area contributed by atoms with Crippen molar-refractivity contribution >= 4 is 5.91 Å². The van der Waals surface area contributed by atoms with Crippen LogP contribution in [-0.4, -0.2) is 71.0 Å². The van der Waals surface area contributed by atoms with Gasteiger partial charge in [-0.2, -0.15) is 0 Å². The number of nitrogens with zero attached hydrogens (tertiary/aromatic N) is 3. The van der Waals surface area contributed by atoms with Crippen molar-refractivity contribution in [1.29, 1.82) is 0 Å². The Bertz CT molecular complexity index is 596. The normalized spacial score (nSPS) is 22.3. The highest BCUT2D eigenvalue weighted by Crippen LogP contribution is 2.20. The van der Waals surface area contributed by atoms with Crippen molar-refractivity contribution in [1.82, 2.24) is 14.7 Å². The number of hydrogen-bond acceptors (Lipinski definition) is 4. The van der Waals surface area contributed by atoms with Crippen LogP contribution in [-0.2, 0) is 17.9 Å². The number of benzene rings is 1. The summed E-state index contributed by atoms with van der Waals surface area (Å²) in [6, 6.07) is 8.07. The minimum absolute atomic E-state index is 0.0414. The van der Waals surface area contributed by atoms with E-state index in [1.165, 1.54) is 5.56 Å². The Hall–Kier alpha value is -1.69. The summed E-state index contributed by atoms with van der Waals surface area (Å²) in [5.74, 6) is 0.287. The highest BCUT2D eigenvalue weighted by Gasteiger charge is 2.34. The minimum Gasteiger partial charge on any atom is -0.392 e. The molecule has 1 atom stereocenters. The molecule has 5 heteroatoms. The second kappa shape index (κ2) is 8.61. The highest BCUT2D eigenvalue weighted by atomic mass is 16.3. The molecule has 0 bridgehead atoms. The van der Waals surface area contributed by atoms with Crippen LogP contribution in [0.3, 0.4) is 0 Å². The molecular weight excluding hydrogens is 314 g/mol. The molecule has 1 amide bonds. The molecule has 1 aromatic rings. The quantitative estimate of drug-likeness (QED) is 0.795. The third-order valence-electron chi connectivity index (χ3n) is 5.38. The van der Waals surface area contributed by atoms with E-state index in [-0.39, 0.29) is 18.6 Å². The highest BCUT2D eigenvalue weighted by molar-refractivity contribution is 5.82. The minimum atomic E-state index is 0.0414. The number of likely N-dealkylation sites (tertiary alicyclic amines) is 1. The van der Waals surface area contributed by atoms with Crippen LogP contribution < -0.4 is 0 Å². The Morgan fingerprint density at radius 2 is 1.88 bits per heavy atom. The summed E-state index contributed by atoms with van der Waals surface area (Å²) in [6.07, 6.45) is 3.96. The van der Waals surface area contributed by atoms with Gasteiger partial charge in [-0.05, 0) is 30.5 Å². The maximum atomic E-state index is 12.8. The molecule has 0 aromatic heterocycles. The number of aliphatic hydroxyl groups excluding tert-OH is 1. The number of carbonyl (C=O) groups excluding carboxylic acids is 1. The van der Waals surface area contributed by atoms with Gasteiger partial charge in [-0.1, -0.05) is 30.3 Å². The maximum absolute atomic E-state index is 12.8. The molecule has 3 rings (SSSR count). The van der Waals surface area contributed by atoms with Gasteiger partial charge in [0.2, 0.25) is 5.91 Å². The van der Waals surface area contributed by atoms with Gasteiger partial charge in [-0.3, -0.25) is 14.6 Å². The molecular formula is C20H29N3O2. The molecule has 5 nitrogen and oxygen atoms in total. The Labute approximate surface area is 150 Å². The van der Waals surface area contributed by atoms with Crippen molar-refractivity contribution in [3.05, 3.63) is 48.0 Å². The fourth-order valence-corrected chi connectivity index (χ4v) is 3.93. The summed E-state index contributed by atoms with van der Waals surface area (Å²) in [4.78, 5) is 19.5. The molecule has 2 fully saturated rings. The fourth-order valence-electron chi connectivity index (χ4n) is 3.93. The fraction of sp³-hybridized carbons (Fsp3) is 0.550. The third kappa shape index (κ3) is 4.29. The zero-order chi connectivity index (χ0) is 17.6. The standard InChI is InChI=1S/C20H29N3O2/c1-2-9-22-10-5-8-19(22)20(25)23-13-11-21(12-14-23)15-17-6-3-4-7-18(17)16-24/h2-4,6-7,19,24H,1,5,8-16H2/t19-/m0/s1. The summed E-state index contributed by atoms with van der Waals surface area (Å²) in [5, 5.41) is 9.47. The van der Waals surface area contributed by atoms with Gasteiger partial charge in [0.15, 0.2) is 0 Å². The van der Waals surface area contributed by atoms with Gasteiger partial charge in [0, 0.05) is 39.3 Å². The van der Waals surface area contributed by atoms with E-state index in [0.29, 0.717) is 0 Å². The Morgan fingerprint density at radius 3 is 2.56 bits per heavy atom. The average Bonchev–Trinajstić information content (AvgIpc) is 3.11. The van der Waals surface area contributed by atoms with E-state index in [4.69, 9.17) is 0 Å². The topological polar surface area (TPSA) is 47.0 Å². The van der Waals surface area contributed by atoms with Crippen LogP contribution in [0.15, 0.2) is 36.9 Å². The average molecular weight is 343 g/mol. The van der Waals surface area contributed by atoms with Gasteiger partial charge < -0.3 is 10.0 Å². The van der Waals surface area contributed by atoms with Crippen LogP contribution in [0.1, 0.15) is 24.0 Å². The predicted molar refractivity (Wildman–Crippen MR) is 99.0 cm³/mol. The lowest BCUT2D eigenvalue weighted by molar-refractivity contribution is -0.137. The first-order chi connectivity index (χ1) is 12.2. The van der Waals surface area contributed by atoms with E-state index in [9.17, 15) is 9.90 Å². The van der Waals surface area contributed by atoms with Crippen molar-refractivity contribution < 1.29 is 9.90 Å². The molecule has 0 spiro atoms. The smallest absolute Gasteiger partial charge is 0.240 e. The molecule has 25 heavy (non-hydrogen) atoms. The Kier molecular flexibility index (Phi) is 6.24. The van der Waals surface area contributed by atoms with Crippen molar-refractivity contribution in [2.75, 3.05) is 39.3 Å². The lowest BCUT2D eigenvalue weighted by Crippen LogP contribution is -2.53. The first-order valence-corrected chi connectivity index (χ1v) is 9.26. The zero-order valence-corrected chi connectivity index (χ0v) is 14.9. The van der Waals surface area contributed by atoms with Crippen molar-refractivity contribution in [3.8, 4) is 0 Å². The molecule has 2 aliphatic rings. The van der Waals surface area contributed by atoms with E-state index in [2.05, 4.69) is 22.4 Å². The monoisotopic (exact) mass is 343 g/mol. The summed E-state index contributed by atoms with van der Waals surface area (Å²) >= 11 is 0. The van der Waals surface area contributed by atoms with E-state index < -0.39 is 0 Å². The lowest BCUT2D eigenvalue weighted by Gasteiger charge is -2.37. The van der Waals surface area contributed by atoms with Crippen molar-refractivity contribution in [2.45, 2.75) is 32.0 Å². The van der Waals surface area contributed by atoms with E-state index in [1.807, 2.05) is 29.2 Å². The SMILES string of the molecule is C=CCN1CCC[C@H]1C(=O)N1CCN(Cc2ccccc2CO)CC1. The largest absolute Gasteiger partial charge is 0.392 e. The number of amides is 1. The maximum Gasteiger partial charge on any atom is 0.240 e. The second-order valence-corrected chi connectivity index (χ2v) is 6.97. The molecule has 136 valence electrons. The molecule has 0 unspecified atom stereocenters. The number of carbonyl (C=O) groups is 1. The number of piperazine rings is 1. The lowest BCUT2D eigenvalue weighted by atomic mass is 10.1. The molecule has 1 N–H and O–H groups in total. The van der Waals surface area contributed by atoms with Gasteiger partial charge in [-0.15, -0.1) is 6.58 Å². The molecule has 0 saturated carbocycles. The third-order valence-corrected chi connectivity index (χ3v) is 5.38. The van der Waals surface area contributed by atoms with Crippen LogP contribution >= 0.6 is 0 Å². The van der Waals surface area contributed by atoms with Gasteiger partial charge >= 0.3 is 0 Å². The van der Waals surface area contributed by atoms with Crippen LogP contribution in [0.4, 0.5) is 0 Å². The molecule has 2 heterocycles. The second-order valence-electron chi connectivity index (χ2n) is 6.97. The van der Waals surface area contributed by atoms with Gasteiger partial charge in [0.1, 0.15) is 0 Å². The summed E-state index contributed by atoms with van der Waals surface area (Å²) < 4.78 is 0. The summed E-state index contributed by atoms with van der Waals surface area (Å²) in [7, 11) is 0. The summed E-state index contributed by atoms with van der Waals surface area (Å²) in [6.45, 7) is 9.88. The van der Waals surface area contributed by atoms with E-state index in [0.717, 1.165) is 64.2 Å². The zero-order valence-electron chi connectivity index (χ0n) is 14.9. The first-order valence-electron chi connectivity index (χ1n) is 9.26. The van der Waals surface area contributed by atoms with Gasteiger partial charge in [0.25, 0.3) is 0 Å². The van der Waals surface area contributed by atoms with E-state index >= 15 is 0 Å². The van der Waals surface area contributed by atoms with Crippen molar-refractivity contribution in [3.63, 3.8) is 0 Å². The predicted octanol–water partition coefficient (Wildman–Crippen LogP) is 1.47. The Balaban J connectivity index is 1.53. The number of aliphatic hydroxyl groups is 1. The summed E-state index contributed by atoms with van der Waals surface area (Å²) in [5.41, 5.74) is 2.17. The van der Waals surface area contributed by atoms with Crippen LogP contribution in [0.2, 0.25) is 0 Å². The van der Waals surface area contributed by atoms with Gasteiger partial charge in [0.05, 0.1) is 12.6 Å². The van der Waals surface area contributed by atoms with Crippen LogP contribution in [0.5, 0.6) is 0 Å². The first kappa shape index (κ1) is 18.1. The number of rotatable bonds is 6. The van der Waals surface area contributed by atoms with Crippen LogP contribution in [0, 0.1) is 0 Å². The number of hydrogen-bond donors (Lipinski definition) is 1. The van der Waals surface area contributed by atoms with Gasteiger partial charge in [-0.25, -0.2) is 0 Å². The molecule has 0 radical (unpaired) electrons. The van der Waals surface area contributed by atoms with Crippen molar-refractivity contribution in [2.24, 2.45) is 0 Å². The Morgan fingerprint density at radius 1 is 1.16 bits per heavy atom. The molecule has 0 aliphatic carbocycles. The van der Waals surface area contributed by atoms with E-state index in [1.54, 1.807) is 0 Å². The van der Waals surface area contributed by atoms with Crippen LogP contribution in [0.25, 0.3) is 0 Å². The molecule has 2 aliphatic heterocycles. The molecule has 1 aromatic carbocycles. The molecule has 2 saturated heterocycles.